The molecule has 0 fully saturated rings. The van der Waals surface area contributed by atoms with Crippen molar-refractivity contribution >= 4 is 33.2 Å². The standard InChI is InChI=1S/C14H12BrN5O/c15-12-8-20-11(6-19-13(20)7-18-12)5-17-10-3-1-9(2-4-10)14(16)21/h1-4,6-8,17H,5H2,(H2,16,21). The van der Waals surface area contributed by atoms with Crippen molar-refractivity contribution in [1.82, 2.24) is 14.4 Å². The van der Waals surface area contributed by atoms with Gasteiger partial charge >= 0.3 is 0 Å². The zero-order valence-corrected chi connectivity index (χ0v) is 12.5. The van der Waals surface area contributed by atoms with Gasteiger partial charge in [-0.1, -0.05) is 0 Å². The zero-order valence-electron chi connectivity index (χ0n) is 11.0. The minimum absolute atomic E-state index is 0.430. The van der Waals surface area contributed by atoms with E-state index in [1.807, 2.05) is 22.7 Å². The lowest BCUT2D eigenvalue weighted by Gasteiger charge is -2.07. The monoisotopic (exact) mass is 345 g/mol. The fraction of sp³-hybridized carbons (Fsp3) is 0.0714. The summed E-state index contributed by atoms with van der Waals surface area (Å²) < 4.78 is 2.71. The molecule has 1 amide bonds. The topological polar surface area (TPSA) is 85.3 Å². The Kier molecular flexibility index (Phi) is 3.57. The molecule has 3 aromatic rings. The van der Waals surface area contributed by atoms with Gasteiger partial charge in [-0.15, -0.1) is 0 Å². The average Bonchev–Trinajstić information content (AvgIpc) is 2.88. The second-order valence-electron chi connectivity index (χ2n) is 4.48. The molecule has 0 unspecified atom stereocenters. The van der Waals surface area contributed by atoms with Crippen LogP contribution < -0.4 is 11.1 Å². The van der Waals surface area contributed by atoms with Crippen molar-refractivity contribution in [1.29, 1.82) is 0 Å². The van der Waals surface area contributed by atoms with Crippen molar-refractivity contribution in [2.75, 3.05) is 5.32 Å². The SMILES string of the molecule is NC(=O)c1ccc(NCc2cnc3cnc(Br)cn23)cc1. The van der Waals surface area contributed by atoms with Crippen molar-refractivity contribution < 1.29 is 4.79 Å². The second kappa shape index (κ2) is 5.53. The van der Waals surface area contributed by atoms with E-state index in [2.05, 4.69) is 31.2 Å². The summed E-state index contributed by atoms with van der Waals surface area (Å²) in [6.07, 6.45) is 5.37. The minimum atomic E-state index is -0.430. The summed E-state index contributed by atoms with van der Waals surface area (Å²) in [5.74, 6) is -0.430. The molecule has 3 N–H and O–H groups in total. The van der Waals surface area contributed by atoms with Crippen LogP contribution in [0.25, 0.3) is 5.65 Å². The molecule has 7 heteroatoms. The highest BCUT2D eigenvalue weighted by atomic mass is 79.9. The maximum absolute atomic E-state index is 11.0. The van der Waals surface area contributed by atoms with Gasteiger partial charge in [-0.2, -0.15) is 0 Å². The van der Waals surface area contributed by atoms with E-state index in [-0.39, 0.29) is 0 Å². The fourth-order valence-corrected chi connectivity index (χ4v) is 2.30. The Bertz CT molecular complexity index is 797. The maximum atomic E-state index is 11.0. The minimum Gasteiger partial charge on any atom is -0.379 e. The van der Waals surface area contributed by atoms with Crippen LogP contribution in [0.1, 0.15) is 16.1 Å². The lowest BCUT2D eigenvalue weighted by Crippen LogP contribution is -2.10. The molecule has 21 heavy (non-hydrogen) atoms. The highest BCUT2D eigenvalue weighted by Gasteiger charge is 2.05. The number of carbonyl (C=O) groups excluding carboxylic acids is 1. The van der Waals surface area contributed by atoms with Gasteiger partial charge in [0.15, 0.2) is 5.65 Å². The van der Waals surface area contributed by atoms with E-state index < -0.39 is 5.91 Å². The number of nitrogens with two attached hydrogens (primary N) is 1. The lowest BCUT2D eigenvalue weighted by atomic mass is 10.2. The molecule has 0 aliphatic carbocycles. The summed E-state index contributed by atoms with van der Waals surface area (Å²) in [5.41, 5.74) is 8.40. The Morgan fingerprint density at radius 3 is 2.71 bits per heavy atom. The Morgan fingerprint density at radius 2 is 2.00 bits per heavy atom. The number of aromatic nitrogens is 3. The van der Waals surface area contributed by atoms with E-state index in [0.29, 0.717) is 12.1 Å². The molecule has 0 aliphatic rings. The maximum Gasteiger partial charge on any atom is 0.248 e. The molecule has 6 nitrogen and oxygen atoms in total. The van der Waals surface area contributed by atoms with Crippen LogP contribution in [-0.4, -0.2) is 20.3 Å². The van der Waals surface area contributed by atoms with Gasteiger partial charge in [-0.25, -0.2) is 9.97 Å². The molecule has 0 radical (unpaired) electrons. The van der Waals surface area contributed by atoms with Crippen molar-refractivity contribution in [2.24, 2.45) is 5.73 Å². The summed E-state index contributed by atoms with van der Waals surface area (Å²) in [4.78, 5) is 19.4. The van der Waals surface area contributed by atoms with E-state index >= 15 is 0 Å². The number of benzene rings is 1. The van der Waals surface area contributed by atoms with Gasteiger partial charge in [0, 0.05) is 17.4 Å². The predicted octanol–water partition coefficient (Wildman–Crippen LogP) is 2.20. The number of halogens is 1. The van der Waals surface area contributed by atoms with Gasteiger partial charge in [0.1, 0.15) is 4.60 Å². The normalized spacial score (nSPS) is 10.7. The first-order valence-corrected chi connectivity index (χ1v) is 7.04. The lowest BCUT2D eigenvalue weighted by molar-refractivity contribution is 0.100. The molecular formula is C14H12BrN5O. The molecule has 2 heterocycles. The van der Waals surface area contributed by atoms with E-state index in [1.165, 1.54) is 0 Å². The van der Waals surface area contributed by atoms with Crippen molar-refractivity contribution in [3.8, 4) is 0 Å². The van der Waals surface area contributed by atoms with Gasteiger partial charge in [-0.05, 0) is 40.2 Å². The molecule has 0 spiro atoms. The Labute approximate surface area is 129 Å². The highest BCUT2D eigenvalue weighted by Crippen LogP contribution is 2.14. The average molecular weight is 346 g/mol. The van der Waals surface area contributed by atoms with Gasteiger partial charge in [-0.3, -0.25) is 9.20 Å². The smallest absolute Gasteiger partial charge is 0.248 e. The summed E-state index contributed by atoms with van der Waals surface area (Å²) >= 11 is 3.34. The van der Waals surface area contributed by atoms with Crippen LogP contribution >= 0.6 is 15.9 Å². The first-order chi connectivity index (χ1) is 10.1. The quantitative estimate of drug-likeness (QED) is 0.758. The Morgan fingerprint density at radius 1 is 1.24 bits per heavy atom. The van der Waals surface area contributed by atoms with E-state index in [9.17, 15) is 4.79 Å². The van der Waals surface area contributed by atoms with Crippen molar-refractivity contribution in [3.63, 3.8) is 0 Å². The summed E-state index contributed by atoms with van der Waals surface area (Å²) in [7, 11) is 0. The number of fused-ring (bicyclic) bond motifs is 1. The predicted molar refractivity (Wildman–Crippen MR) is 83.0 cm³/mol. The third-order valence-corrected chi connectivity index (χ3v) is 3.49. The molecule has 0 atom stereocenters. The van der Waals surface area contributed by atoms with Crippen LogP contribution in [0.4, 0.5) is 5.69 Å². The summed E-state index contributed by atoms with van der Waals surface area (Å²) in [5, 5.41) is 3.28. The Hall–Kier alpha value is -2.41. The van der Waals surface area contributed by atoms with Gasteiger partial charge in [0.2, 0.25) is 5.91 Å². The zero-order chi connectivity index (χ0) is 14.8. The van der Waals surface area contributed by atoms with Gasteiger partial charge in [0.05, 0.1) is 24.6 Å². The molecule has 106 valence electrons. The molecular weight excluding hydrogens is 334 g/mol. The number of rotatable bonds is 4. The van der Waals surface area contributed by atoms with E-state index in [1.54, 1.807) is 24.5 Å². The number of primary amides is 1. The number of hydrogen-bond acceptors (Lipinski definition) is 4. The van der Waals surface area contributed by atoms with Gasteiger partial charge in [0.25, 0.3) is 0 Å². The third-order valence-electron chi connectivity index (χ3n) is 3.08. The number of nitrogens with zero attached hydrogens (tertiary/aromatic N) is 3. The van der Waals surface area contributed by atoms with Crippen LogP contribution in [0.3, 0.4) is 0 Å². The molecule has 2 aromatic heterocycles. The van der Waals surface area contributed by atoms with Crippen LogP contribution in [-0.2, 0) is 6.54 Å². The number of anilines is 1. The molecule has 1 aromatic carbocycles. The molecule has 0 saturated carbocycles. The van der Waals surface area contributed by atoms with Crippen molar-refractivity contribution in [2.45, 2.75) is 6.54 Å². The Balaban J connectivity index is 1.77. The highest BCUT2D eigenvalue weighted by molar-refractivity contribution is 9.10. The number of hydrogen-bond donors (Lipinski definition) is 2. The second-order valence-corrected chi connectivity index (χ2v) is 5.30. The van der Waals surface area contributed by atoms with Crippen LogP contribution in [0.2, 0.25) is 0 Å². The number of imidazole rings is 1. The van der Waals surface area contributed by atoms with Crippen molar-refractivity contribution in [3.05, 3.63) is 58.7 Å². The number of amides is 1. The van der Waals surface area contributed by atoms with Gasteiger partial charge < -0.3 is 11.1 Å². The first-order valence-electron chi connectivity index (χ1n) is 6.25. The van der Waals surface area contributed by atoms with E-state index in [4.69, 9.17) is 5.73 Å². The molecule has 0 bridgehead atoms. The molecule has 0 saturated heterocycles. The number of nitrogens with one attached hydrogen (secondary N) is 1. The summed E-state index contributed by atoms with van der Waals surface area (Å²) in [6.45, 7) is 0.605. The van der Waals surface area contributed by atoms with Crippen LogP contribution in [0.15, 0.2) is 47.5 Å². The third kappa shape index (κ3) is 2.87. The summed E-state index contributed by atoms with van der Waals surface area (Å²) in [6, 6.07) is 7.03. The van der Waals surface area contributed by atoms with E-state index in [0.717, 1.165) is 21.6 Å². The molecule has 3 rings (SSSR count). The fourth-order valence-electron chi connectivity index (χ4n) is 1.99. The van der Waals surface area contributed by atoms with Crippen LogP contribution in [0, 0.1) is 0 Å². The number of carbonyl (C=O) groups is 1. The molecule has 0 aliphatic heterocycles. The largest absolute Gasteiger partial charge is 0.379 e. The van der Waals surface area contributed by atoms with Crippen LogP contribution in [0.5, 0.6) is 0 Å². The first kappa shape index (κ1) is 13.6.